The topological polar surface area (TPSA) is 111 Å². The highest BCUT2D eigenvalue weighted by Gasteiger charge is 2.44. The third kappa shape index (κ3) is 2.02. The van der Waals surface area contributed by atoms with Gasteiger partial charge in [0, 0.05) is 6.20 Å². The lowest BCUT2D eigenvalue weighted by molar-refractivity contribution is -0.0453. The summed E-state index contributed by atoms with van der Waals surface area (Å²) in [6.07, 6.45) is -13.5. The van der Waals surface area contributed by atoms with Gasteiger partial charge in [-0.15, -0.1) is 0 Å². The summed E-state index contributed by atoms with van der Waals surface area (Å²) in [5.41, 5.74) is 3.94. The summed E-state index contributed by atoms with van der Waals surface area (Å²) in [4.78, 5) is 15.0. The summed E-state index contributed by atoms with van der Waals surface area (Å²) in [5.74, 6) is -0.265. The van der Waals surface area contributed by atoms with Gasteiger partial charge in [-0.2, -0.15) is 4.98 Å². The maximum Gasteiger partial charge on any atom is 0.351 e. The molecule has 1 aliphatic rings. The molecule has 4 N–H and O–H groups in total. The van der Waals surface area contributed by atoms with E-state index in [1.54, 1.807) is 0 Å². The maximum atomic E-state index is 13.3. The van der Waals surface area contributed by atoms with Crippen molar-refractivity contribution in [3.8, 4) is 0 Å². The Balaban J connectivity index is 2.72. The van der Waals surface area contributed by atoms with Crippen molar-refractivity contribution < 1.29 is 26.2 Å². The Labute approximate surface area is 102 Å². The van der Waals surface area contributed by atoms with Crippen LogP contribution in [0.3, 0.4) is 0 Å². The van der Waals surface area contributed by atoms with E-state index in [0.717, 1.165) is 12.3 Å². The predicted octanol–water partition coefficient (Wildman–Crippen LogP) is -1.59. The zero-order chi connectivity index (χ0) is 17.1. The summed E-state index contributed by atoms with van der Waals surface area (Å²) in [7, 11) is 0. The monoisotopic (exact) mass is 250 g/mol. The number of aliphatic hydroxyl groups is 2. The minimum atomic E-state index is -3.76. The number of ether oxygens (including phenoxy) is 1. The summed E-state index contributed by atoms with van der Waals surface area (Å²) in [6, 6.07) is 0.984. The van der Waals surface area contributed by atoms with E-state index in [9.17, 15) is 19.4 Å². The number of rotatable bonds is 2. The first-order valence-corrected chi connectivity index (χ1v) is 4.38. The normalized spacial score (nSPS) is 56.3. The molecule has 1 unspecified atom stereocenters. The van der Waals surface area contributed by atoms with E-state index >= 15 is 0 Å². The van der Waals surface area contributed by atoms with Gasteiger partial charge in [-0.05, 0) is 6.07 Å². The number of hydrogen-bond donors (Lipinski definition) is 3. The largest absolute Gasteiger partial charge is 0.387 e. The summed E-state index contributed by atoms with van der Waals surface area (Å²) in [5, 5.41) is 19.8. The lowest BCUT2D eigenvalue weighted by atomic mass is 10.1. The van der Waals surface area contributed by atoms with E-state index < -0.39 is 36.8 Å². The first-order chi connectivity index (χ1) is 9.81. The van der Waals surface area contributed by atoms with Gasteiger partial charge in [0.25, 0.3) is 0 Å². The number of aromatic nitrogens is 2. The number of nitrogens with zero attached hydrogens (tertiary/aromatic N) is 2. The lowest BCUT2D eigenvalue weighted by Gasteiger charge is -2.16. The summed E-state index contributed by atoms with van der Waals surface area (Å²) < 4.78 is 55.4. The van der Waals surface area contributed by atoms with Crippen molar-refractivity contribution in [2.45, 2.75) is 24.4 Å². The van der Waals surface area contributed by atoms with Gasteiger partial charge >= 0.3 is 5.69 Å². The summed E-state index contributed by atoms with van der Waals surface area (Å²) >= 11 is 0. The second-order valence-electron chi connectivity index (χ2n) is 3.08. The van der Waals surface area contributed by atoms with E-state index in [4.69, 9.17) is 12.6 Å². The Morgan fingerprint density at radius 1 is 1.71 bits per heavy atom. The number of hydrogen-bond acceptors (Lipinski definition) is 6. The molecule has 0 saturated carbocycles. The van der Waals surface area contributed by atoms with Crippen LogP contribution in [0.15, 0.2) is 17.1 Å². The molecule has 1 aromatic heterocycles. The Hall–Kier alpha value is -1.51. The Morgan fingerprint density at radius 2 is 2.41 bits per heavy atom. The molecule has 1 saturated heterocycles. The smallest absolute Gasteiger partial charge is 0.351 e. The van der Waals surface area contributed by atoms with Crippen molar-refractivity contribution in [3.63, 3.8) is 0 Å². The Bertz CT molecular complexity index is 668. The van der Waals surface area contributed by atoms with Crippen molar-refractivity contribution in [3.05, 3.63) is 22.7 Å². The molecule has 1 aromatic rings. The van der Waals surface area contributed by atoms with Gasteiger partial charge in [-0.1, -0.05) is 0 Å². The molecule has 0 amide bonds. The van der Waals surface area contributed by atoms with Crippen LogP contribution in [0.1, 0.15) is 13.1 Å². The third-order valence-corrected chi connectivity index (χ3v) is 2.01. The van der Waals surface area contributed by atoms with E-state index in [2.05, 4.69) is 9.72 Å². The highest BCUT2D eigenvalue weighted by Crippen LogP contribution is 2.28. The number of nitrogen functional groups attached to an aromatic ring is 1. The average molecular weight is 250 g/mol. The molecule has 8 heteroatoms. The van der Waals surface area contributed by atoms with Crippen LogP contribution in [0.4, 0.5) is 10.2 Å². The maximum absolute atomic E-state index is 13.3. The molecule has 1 aliphatic heterocycles. The van der Waals surface area contributed by atoms with Gasteiger partial charge in [0.15, 0.2) is 6.20 Å². The predicted molar refractivity (Wildman–Crippen MR) is 54.8 cm³/mol. The van der Waals surface area contributed by atoms with Crippen LogP contribution < -0.4 is 11.4 Å². The molecule has 7 nitrogen and oxygen atoms in total. The molecule has 1 fully saturated rings. The van der Waals surface area contributed by atoms with Crippen LogP contribution in [-0.4, -0.2) is 44.7 Å². The van der Waals surface area contributed by atoms with E-state index in [0.29, 0.717) is 0 Å². The van der Waals surface area contributed by atoms with Crippen LogP contribution in [0.5, 0.6) is 0 Å². The van der Waals surface area contributed by atoms with Crippen LogP contribution in [-0.2, 0) is 4.74 Å². The van der Waals surface area contributed by atoms with Crippen molar-refractivity contribution in [2.24, 2.45) is 0 Å². The molecule has 0 radical (unpaired) electrons. The number of anilines is 1. The average Bonchev–Trinajstić information content (AvgIpc) is 2.46. The second-order valence-corrected chi connectivity index (χ2v) is 3.08. The van der Waals surface area contributed by atoms with Gasteiger partial charge in [0.05, 0.1) is 6.85 Å². The van der Waals surface area contributed by atoms with Crippen molar-refractivity contribution in [2.75, 3.05) is 12.4 Å². The number of halogens is 1. The molecule has 17 heavy (non-hydrogen) atoms. The van der Waals surface area contributed by atoms with Crippen LogP contribution in [0.2, 0.25) is 0 Å². The highest BCUT2D eigenvalue weighted by atomic mass is 19.1. The minimum Gasteiger partial charge on any atom is -0.387 e. The van der Waals surface area contributed by atoms with Gasteiger partial charge in [-0.25, -0.2) is 9.18 Å². The first-order valence-electron chi connectivity index (χ1n) is 6.96. The van der Waals surface area contributed by atoms with Crippen molar-refractivity contribution in [1.29, 1.82) is 0 Å². The molecule has 0 aromatic carbocycles. The zero-order valence-corrected chi connectivity index (χ0v) is 8.29. The van der Waals surface area contributed by atoms with E-state index in [-0.39, 0.29) is 10.4 Å². The van der Waals surface area contributed by atoms with Gasteiger partial charge in [0.2, 0.25) is 0 Å². The fourth-order valence-corrected chi connectivity index (χ4v) is 1.23. The van der Waals surface area contributed by atoms with Gasteiger partial charge in [-0.3, -0.25) is 4.57 Å². The van der Waals surface area contributed by atoms with E-state index in [1.165, 1.54) is 0 Å². The first kappa shape index (κ1) is 7.04. The third-order valence-electron chi connectivity index (χ3n) is 2.01. The lowest BCUT2D eigenvalue weighted by Crippen LogP contribution is -2.35. The molecule has 5 atom stereocenters. The highest BCUT2D eigenvalue weighted by molar-refractivity contribution is 5.23. The molecule has 0 spiro atoms. The van der Waals surface area contributed by atoms with Crippen LogP contribution in [0.25, 0.3) is 0 Å². The number of nitrogens with two attached hydrogens (primary N) is 1. The van der Waals surface area contributed by atoms with Crippen LogP contribution >= 0.6 is 0 Å². The molecular formula is C9H12FN3O4. The standard InChI is InChI=1S/C9H12FN3O4/c10-3-4-6(14)7(15)8(17-4)13-2-1-5(11)12-9(13)16/h1-2,4,6-8,14-15H,3H2,(H2,11,12,16)/t4-,6-,7-,8-/m1/s1/i3D,4D,6D,7D,8D/t3?,4-,6-,7-,8-. The molecule has 0 bridgehead atoms. The Kier molecular flexibility index (Phi) is 1.82. The van der Waals surface area contributed by atoms with Crippen molar-refractivity contribution in [1.82, 2.24) is 9.55 Å². The SMILES string of the molecule is [2H]C(F)[C@@]1([2H])O[C@@]([2H])(n2ccc(N)nc2=O)[C@]([2H])(O)[C@]1([2H])O. The zero-order valence-electron chi connectivity index (χ0n) is 13.3. The van der Waals surface area contributed by atoms with Gasteiger partial charge < -0.3 is 20.7 Å². The van der Waals surface area contributed by atoms with E-state index in [1.807, 2.05) is 0 Å². The second kappa shape index (κ2) is 4.40. The van der Waals surface area contributed by atoms with Gasteiger partial charge in [0.1, 0.15) is 30.7 Å². The fraction of sp³-hybridized carbons (Fsp3) is 0.556. The summed E-state index contributed by atoms with van der Waals surface area (Å²) in [6.45, 7) is -3.11. The molecule has 0 aliphatic carbocycles. The number of alkyl halides is 1. The quantitative estimate of drug-likeness (QED) is 0.584. The molecular weight excluding hydrogens is 233 g/mol. The van der Waals surface area contributed by atoms with Crippen molar-refractivity contribution >= 4 is 5.82 Å². The molecule has 2 rings (SSSR count). The molecule has 94 valence electrons. The fourth-order valence-electron chi connectivity index (χ4n) is 1.23. The molecule has 2 heterocycles. The Morgan fingerprint density at radius 3 is 2.94 bits per heavy atom. The minimum absolute atomic E-state index is 0.161. The van der Waals surface area contributed by atoms with Crippen LogP contribution in [0, 0.1) is 0 Å².